The van der Waals surface area contributed by atoms with E-state index in [4.69, 9.17) is 9.47 Å². The number of halogens is 1. The molecule has 0 saturated heterocycles. The minimum atomic E-state index is -0.566. The molecule has 0 bridgehead atoms. The van der Waals surface area contributed by atoms with Crippen molar-refractivity contribution in [3.63, 3.8) is 0 Å². The summed E-state index contributed by atoms with van der Waals surface area (Å²) in [6, 6.07) is 9.12. The van der Waals surface area contributed by atoms with Crippen LogP contribution in [-0.4, -0.2) is 42.0 Å². The van der Waals surface area contributed by atoms with E-state index < -0.39 is 5.97 Å². The average Bonchev–Trinajstić information content (AvgIpc) is 3.01. The van der Waals surface area contributed by atoms with E-state index in [0.29, 0.717) is 18.8 Å². The number of carbonyl (C=O) groups is 2. The van der Waals surface area contributed by atoms with E-state index in [1.54, 1.807) is 19.3 Å². The standard InChI is InChI=1S/C17H19BrN2O4/c1-3-23-14-6-4-12(5-7-14)10-20(2)16(21)11-24-17(22)15-8-13(18)9-19-15/h4-9,19H,3,10-11H2,1-2H3. The van der Waals surface area contributed by atoms with Crippen molar-refractivity contribution in [2.45, 2.75) is 13.5 Å². The molecule has 128 valence electrons. The monoisotopic (exact) mass is 394 g/mol. The van der Waals surface area contributed by atoms with Gasteiger partial charge in [0.25, 0.3) is 5.91 Å². The maximum absolute atomic E-state index is 12.1. The zero-order chi connectivity index (χ0) is 17.5. The molecule has 0 saturated carbocycles. The lowest BCUT2D eigenvalue weighted by atomic mass is 10.2. The molecule has 0 fully saturated rings. The molecule has 0 aliphatic heterocycles. The van der Waals surface area contributed by atoms with E-state index in [-0.39, 0.29) is 12.5 Å². The number of hydrogen-bond donors (Lipinski definition) is 1. The molecule has 1 aromatic heterocycles. The first-order valence-electron chi connectivity index (χ1n) is 7.46. The lowest BCUT2D eigenvalue weighted by Gasteiger charge is -2.17. The van der Waals surface area contributed by atoms with Crippen molar-refractivity contribution in [1.29, 1.82) is 0 Å². The highest BCUT2D eigenvalue weighted by Gasteiger charge is 2.15. The fraction of sp³-hybridized carbons (Fsp3) is 0.294. The van der Waals surface area contributed by atoms with Crippen molar-refractivity contribution in [2.24, 2.45) is 0 Å². The van der Waals surface area contributed by atoms with Crippen LogP contribution in [0.5, 0.6) is 5.75 Å². The van der Waals surface area contributed by atoms with E-state index in [0.717, 1.165) is 15.8 Å². The molecule has 2 rings (SSSR count). The van der Waals surface area contributed by atoms with Gasteiger partial charge in [-0.15, -0.1) is 0 Å². The summed E-state index contributed by atoms with van der Waals surface area (Å²) in [6.07, 6.45) is 1.62. The van der Waals surface area contributed by atoms with Crippen LogP contribution in [0.4, 0.5) is 0 Å². The van der Waals surface area contributed by atoms with Crippen LogP contribution in [0.3, 0.4) is 0 Å². The fourth-order valence-corrected chi connectivity index (χ4v) is 2.36. The van der Waals surface area contributed by atoms with Crippen LogP contribution >= 0.6 is 15.9 Å². The molecule has 1 N–H and O–H groups in total. The SMILES string of the molecule is CCOc1ccc(CN(C)C(=O)COC(=O)c2cc(Br)c[nH]2)cc1. The Hall–Kier alpha value is -2.28. The van der Waals surface area contributed by atoms with Gasteiger partial charge in [0.1, 0.15) is 11.4 Å². The molecule has 6 nitrogen and oxygen atoms in total. The van der Waals surface area contributed by atoms with Gasteiger partial charge in [0.05, 0.1) is 6.61 Å². The Morgan fingerprint density at radius 1 is 1.25 bits per heavy atom. The Kier molecular flexibility index (Phi) is 6.43. The molecule has 0 radical (unpaired) electrons. The van der Waals surface area contributed by atoms with Crippen molar-refractivity contribution in [3.05, 3.63) is 52.3 Å². The fourth-order valence-electron chi connectivity index (χ4n) is 2.02. The first-order chi connectivity index (χ1) is 11.5. The van der Waals surface area contributed by atoms with Crippen molar-refractivity contribution < 1.29 is 19.1 Å². The van der Waals surface area contributed by atoms with Gasteiger partial charge in [-0.1, -0.05) is 12.1 Å². The van der Waals surface area contributed by atoms with Gasteiger partial charge in [0, 0.05) is 24.3 Å². The highest BCUT2D eigenvalue weighted by molar-refractivity contribution is 9.10. The number of aromatic nitrogens is 1. The molecular weight excluding hydrogens is 376 g/mol. The number of nitrogens with zero attached hydrogens (tertiary/aromatic N) is 1. The zero-order valence-electron chi connectivity index (χ0n) is 13.5. The van der Waals surface area contributed by atoms with Gasteiger partial charge in [-0.2, -0.15) is 0 Å². The van der Waals surface area contributed by atoms with Crippen molar-refractivity contribution >= 4 is 27.8 Å². The number of hydrogen-bond acceptors (Lipinski definition) is 4. The summed E-state index contributed by atoms with van der Waals surface area (Å²) in [5.41, 5.74) is 1.26. The molecule has 7 heteroatoms. The summed E-state index contributed by atoms with van der Waals surface area (Å²) in [5.74, 6) is -0.0485. The number of benzene rings is 1. The largest absolute Gasteiger partial charge is 0.494 e. The van der Waals surface area contributed by atoms with E-state index in [1.807, 2.05) is 31.2 Å². The molecule has 0 aliphatic carbocycles. The van der Waals surface area contributed by atoms with Crippen LogP contribution in [0.2, 0.25) is 0 Å². The number of aromatic amines is 1. The minimum absolute atomic E-state index is 0.275. The number of likely N-dealkylation sites (N-methyl/N-ethyl adjacent to an activating group) is 1. The molecule has 0 aliphatic rings. The van der Waals surface area contributed by atoms with Gasteiger partial charge in [-0.3, -0.25) is 4.79 Å². The zero-order valence-corrected chi connectivity index (χ0v) is 15.1. The number of H-pyrrole nitrogens is 1. The predicted octanol–water partition coefficient (Wildman–Crippen LogP) is 2.99. The van der Waals surface area contributed by atoms with Crippen LogP contribution in [0.15, 0.2) is 41.0 Å². The maximum atomic E-state index is 12.1. The number of amides is 1. The third-order valence-electron chi connectivity index (χ3n) is 3.27. The molecule has 24 heavy (non-hydrogen) atoms. The number of rotatable bonds is 7. The first-order valence-corrected chi connectivity index (χ1v) is 8.25. The molecule has 1 amide bonds. The molecule has 1 heterocycles. The van der Waals surface area contributed by atoms with Crippen LogP contribution in [0.25, 0.3) is 0 Å². The molecule has 1 aromatic carbocycles. The summed E-state index contributed by atoms with van der Waals surface area (Å²) in [6.45, 7) is 2.66. The first kappa shape index (κ1) is 18.1. The second-order valence-electron chi connectivity index (χ2n) is 5.13. The van der Waals surface area contributed by atoms with Crippen molar-refractivity contribution in [3.8, 4) is 5.75 Å². The smallest absolute Gasteiger partial charge is 0.355 e. The second-order valence-corrected chi connectivity index (χ2v) is 6.05. The summed E-state index contributed by atoms with van der Waals surface area (Å²) in [7, 11) is 1.66. The van der Waals surface area contributed by atoms with Gasteiger partial charge in [0.2, 0.25) is 0 Å². The van der Waals surface area contributed by atoms with Gasteiger partial charge in [-0.25, -0.2) is 4.79 Å². The highest BCUT2D eigenvalue weighted by atomic mass is 79.9. The van der Waals surface area contributed by atoms with Crippen LogP contribution in [0, 0.1) is 0 Å². The Bertz CT molecular complexity index is 697. The molecule has 2 aromatic rings. The Labute approximate surface area is 148 Å². The Balaban J connectivity index is 1.82. The van der Waals surface area contributed by atoms with Crippen molar-refractivity contribution in [1.82, 2.24) is 9.88 Å². The van der Waals surface area contributed by atoms with Gasteiger partial charge in [-0.05, 0) is 46.6 Å². The normalized spacial score (nSPS) is 10.3. The van der Waals surface area contributed by atoms with Gasteiger partial charge < -0.3 is 19.4 Å². The number of esters is 1. The average molecular weight is 395 g/mol. The number of carbonyl (C=O) groups excluding carboxylic acids is 2. The molecular formula is C17H19BrN2O4. The number of nitrogens with one attached hydrogen (secondary N) is 1. The van der Waals surface area contributed by atoms with E-state index in [1.165, 1.54) is 4.90 Å². The highest BCUT2D eigenvalue weighted by Crippen LogP contribution is 2.14. The Morgan fingerprint density at radius 3 is 2.54 bits per heavy atom. The lowest BCUT2D eigenvalue weighted by molar-refractivity contribution is -0.133. The summed E-state index contributed by atoms with van der Waals surface area (Å²) in [4.78, 5) is 28.1. The molecule has 0 unspecified atom stereocenters. The third kappa shape index (κ3) is 5.13. The second kappa shape index (κ2) is 8.54. The summed E-state index contributed by atoms with van der Waals surface area (Å²) < 4.78 is 11.1. The van der Waals surface area contributed by atoms with Crippen LogP contribution in [-0.2, 0) is 16.1 Å². The predicted molar refractivity (Wildman–Crippen MR) is 92.9 cm³/mol. The summed E-state index contributed by atoms with van der Waals surface area (Å²) in [5, 5.41) is 0. The van der Waals surface area contributed by atoms with Crippen LogP contribution in [0.1, 0.15) is 23.0 Å². The minimum Gasteiger partial charge on any atom is -0.494 e. The Morgan fingerprint density at radius 2 is 1.96 bits per heavy atom. The molecule has 0 spiro atoms. The third-order valence-corrected chi connectivity index (χ3v) is 3.73. The maximum Gasteiger partial charge on any atom is 0.355 e. The quantitative estimate of drug-likeness (QED) is 0.732. The van der Waals surface area contributed by atoms with E-state index >= 15 is 0 Å². The number of ether oxygens (including phenoxy) is 2. The van der Waals surface area contributed by atoms with Crippen LogP contribution < -0.4 is 4.74 Å². The lowest BCUT2D eigenvalue weighted by Crippen LogP contribution is -2.30. The van der Waals surface area contributed by atoms with E-state index in [2.05, 4.69) is 20.9 Å². The van der Waals surface area contributed by atoms with Crippen molar-refractivity contribution in [2.75, 3.05) is 20.3 Å². The van der Waals surface area contributed by atoms with E-state index in [9.17, 15) is 9.59 Å². The molecule has 0 atom stereocenters. The van der Waals surface area contributed by atoms with Gasteiger partial charge >= 0.3 is 5.97 Å². The topological polar surface area (TPSA) is 71.6 Å². The van der Waals surface area contributed by atoms with Gasteiger partial charge in [0.15, 0.2) is 6.61 Å². The summed E-state index contributed by atoms with van der Waals surface area (Å²) >= 11 is 3.23.